The van der Waals surface area contributed by atoms with Crippen LogP contribution in [0, 0.1) is 5.41 Å². The van der Waals surface area contributed by atoms with E-state index in [4.69, 9.17) is 4.74 Å². The van der Waals surface area contributed by atoms with E-state index in [0.717, 1.165) is 18.0 Å². The normalized spacial score (nSPS) is 19.0. The van der Waals surface area contributed by atoms with E-state index in [1.54, 1.807) is 7.11 Å². The monoisotopic (exact) mass is 448 g/mol. The van der Waals surface area contributed by atoms with Gasteiger partial charge in [-0.3, -0.25) is 4.90 Å². The highest BCUT2D eigenvalue weighted by molar-refractivity contribution is 5.83. The molecular formula is C30H44N2O. The molecule has 2 heterocycles. The van der Waals surface area contributed by atoms with Crippen LogP contribution in [0.4, 0.5) is 0 Å². The second kappa shape index (κ2) is 10.8. The van der Waals surface area contributed by atoms with Gasteiger partial charge in [-0.05, 0) is 92.4 Å². The number of allylic oxidation sites excluding steroid dienone is 3. The molecule has 0 spiro atoms. The van der Waals surface area contributed by atoms with Crippen LogP contribution >= 0.6 is 0 Å². The molecule has 0 radical (unpaired) electrons. The van der Waals surface area contributed by atoms with Crippen molar-refractivity contribution in [3.05, 3.63) is 65.0 Å². The van der Waals surface area contributed by atoms with E-state index in [1.165, 1.54) is 85.0 Å². The quantitative estimate of drug-likeness (QED) is 0.386. The number of hydrogen-bond donors (Lipinski definition) is 0. The molecule has 0 aliphatic carbocycles. The number of rotatable bonds is 9. The molecule has 33 heavy (non-hydrogen) atoms. The van der Waals surface area contributed by atoms with Gasteiger partial charge in [0, 0.05) is 36.6 Å². The molecule has 3 heteroatoms. The van der Waals surface area contributed by atoms with Crippen LogP contribution in [-0.4, -0.2) is 37.0 Å². The third kappa shape index (κ3) is 5.30. The maximum Gasteiger partial charge on any atom is 0.124 e. The lowest BCUT2D eigenvalue weighted by Crippen LogP contribution is -2.39. The third-order valence-electron chi connectivity index (χ3n) is 8.00. The molecule has 1 aromatic carbocycles. The lowest BCUT2D eigenvalue weighted by atomic mass is 9.72. The largest absolute Gasteiger partial charge is 0.496 e. The van der Waals surface area contributed by atoms with Crippen molar-refractivity contribution in [1.82, 2.24) is 9.80 Å². The molecule has 0 atom stereocenters. The van der Waals surface area contributed by atoms with E-state index in [1.807, 2.05) is 6.08 Å². The Bertz CT molecular complexity index is 936. The predicted molar refractivity (Wildman–Crippen MR) is 143 cm³/mol. The molecule has 2 aliphatic rings. The first-order chi connectivity index (χ1) is 15.8. The number of ether oxygens (including phenoxy) is 1. The zero-order valence-electron chi connectivity index (χ0n) is 21.9. The fourth-order valence-corrected chi connectivity index (χ4v) is 5.79. The van der Waals surface area contributed by atoms with Crippen LogP contribution in [0.3, 0.4) is 0 Å². The molecule has 0 unspecified atom stereocenters. The highest BCUT2D eigenvalue weighted by Gasteiger charge is 2.33. The minimum atomic E-state index is 0.556. The van der Waals surface area contributed by atoms with Gasteiger partial charge in [-0.2, -0.15) is 0 Å². The van der Waals surface area contributed by atoms with Crippen LogP contribution in [0.2, 0.25) is 0 Å². The molecule has 0 bridgehead atoms. The molecule has 0 saturated carbocycles. The number of methoxy groups -OCH3 is 1. The van der Waals surface area contributed by atoms with Crippen LogP contribution in [0.25, 0.3) is 11.6 Å². The summed E-state index contributed by atoms with van der Waals surface area (Å²) in [7, 11) is 3.85. The molecule has 0 amide bonds. The molecule has 1 aromatic rings. The Morgan fingerprint density at radius 3 is 2.24 bits per heavy atom. The zero-order chi connectivity index (χ0) is 24.2. The van der Waals surface area contributed by atoms with Gasteiger partial charge in [0.15, 0.2) is 0 Å². The highest BCUT2D eigenvalue weighted by atomic mass is 16.5. The molecule has 3 rings (SSSR count). The Kier molecular flexibility index (Phi) is 8.28. The van der Waals surface area contributed by atoms with Crippen LogP contribution in [-0.2, 0) is 6.54 Å². The third-order valence-corrected chi connectivity index (χ3v) is 8.00. The van der Waals surface area contributed by atoms with Crippen molar-refractivity contribution in [1.29, 1.82) is 0 Å². The number of likely N-dealkylation sites (N-methyl/N-ethyl adjacent to an activating group) is 1. The minimum absolute atomic E-state index is 0.556. The van der Waals surface area contributed by atoms with Crippen LogP contribution in [0.15, 0.2) is 48.3 Å². The first kappa shape index (κ1) is 25.4. The summed E-state index contributed by atoms with van der Waals surface area (Å²) in [5, 5.41) is 0. The summed E-state index contributed by atoms with van der Waals surface area (Å²) in [6.07, 6.45) is 12.1. The van der Waals surface area contributed by atoms with Crippen molar-refractivity contribution in [2.75, 3.05) is 27.2 Å². The standard InChI is InChI=1S/C30H44N2O/c1-9-12-30(13-10-2)14-16-32(17-15-30)21-28-25(11-3)18-26(19-29(28)33-8)27-20-31(7)24(6)22(4)23(27)5/h11,18-20H,3,6,9-10,12-17,21H2,1-2,4-5,7-8H3. The predicted octanol–water partition coefficient (Wildman–Crippen LogP) is 7.66. The van der Waals surface area contributed by atoms with Crippen molar-refractivity contribution >= 4 is 11.6 Å². The van der Waals surface area contributed by atoms with Gasteiger partial charge in [-0.25, -0.2) is 0 Å². The van der Waals surface area contributed by atoms with Crippen LogP contribution in [0.5, 0.6) is 5.75 Å². The first-order valence-corrected chi connectivity index (χ1v) is 12.7. The average molecular weight is 449 g/mol. The summed E-state index contributed by atoms with van der Waals surface area (Å²) in [6, 6.07) is 4.48. The number of likely N-dealkylation sites (tertiary alicyclic amines) is 1. The fraction of sp³-hybridized carbons (Fsp3) is 0.533. The Labute approximate surface area is 202 Å². The number of benzene rings is 1. The number of piperidine rings is 1. The molecular weight excluding hydrogens is 404 g/mol. The Morgan fingerprint density at radius 1 is 1.06 bits per heavy atom. The Hall–Kier alpha value is -2.26. The van der Waals surface area contributed by atoms with Crippen molar-refractivity contribution in [3.8, 4) is 5.75 Å². The minimum Gasteiger partial charge on any atom is -0.496 e. The number of nitrogens with zero attached hydrogens (tertiary/aromatic N) is 2. The lowest BCUT2D eigenvalue weighted by Gasteiger charge is -2.42. The summed E-state index contributed by atoms with van der Waals surface area (Å²) >= 11 is 0. The Morgan fingerprint density at radius 2 is 1.70 bits per heavy atom. The second-order valence-electron chi connectivity index (χ2n) is 10.1. The van der Waals surface area contributed by atoms with E-state index in [9.17, 15) is 0 Å². The fourth-order valence-electron chi connectivity index (χ4n) is 5.79. The average Bonchev–Trinajstić information content (AvgIpc) is 2.82. The van der Waals surface area contributed by atoms with E-state index in [-0.39, 0.29) is 0 Å². The van der Waals surface area contributed by atoms with Crippen LogP contribution < -0.4 is 4.74 Å². The summed E-state index contributed by atoms with van der Waals surface area (Å²) in [5.41, 5.74) is 8.92. The topological polar surface area (TPSA) is 15.7 Å². The summed E-state index contributed by atoms with van der Waals surface area (Å²) < 4.78 is 5.94. The zero-order valence-corrected chi connectivity index (χ0v) is 21.9. The van der Waals surface area contributed by atoms with E-state index >= 15 is 0 Å². The van der Waals surface area contributed by atoms with Crippen LogP contribution in [0.1, 0.15) is 82.9 Å². The van der Waals surface area contributed by atoms with E-state index in [2.05, 4.69) is 76.0 Å². The Balaban J connectivity index is 1.87. The molecule has 180 valence electrons. The lowest BCUT2D eigenvalue weighted by molar-refractivity contribution is 0.0804. The van der Waals surface area contributed by atoms with E-state index < -0.39 is 0 Å². The molecule has 2 aliphatic heterocycles. The molecule has 1 saturated heterocycles. The van der Waals surface area contributed by atoms with Crippen molar-refractivity contribution in [3.63, 3.8) is 0 Å². The van der Waals surface area contributed by atoms with Gasteiger partial charge >= 0.3 is 0 Å². The van der Waals surface area contributed by atoms with Crippen molar-refractivity contribution in [2.45, 2.75) is 72.8 Å². The summed E-state index contributed by atoms with van der Waals surface area (Å²) in [5.74, 6) is 0.958. The van der Waals surface area contributed by atoms with Gasteiger partial charge in [-0.15, -0.1) is 0 Å². The summed E-state index contributed by atoms with van der Waals surface area (Å²) in [6.45, 7) is 20.6. The maximum absolute atomic E-state index is 5.94. The van der Waals surface area contributed by atoms with E-state index in [0.29, 0.717) is 5.41 Å². The van der Waals surface area contributed by atoms with Gasteiger partial charge in [-0.1, -0.05) is 45.9 Å². The molecule has 1 fully saturated rings. The van der Waals surface area contributed by atoms with Crippen molar-refractivity contribution < 1.29 is 4.74 Å². The number of hydrogen-bond acceptors (Lipinski definition) is 3. The molecule has 0 N–H and O–H groups in total. The maximum atomic E-state index is 5.94. The van der Waals surface area contributed by atoms with Crippen molar-refractivity contribution in [2.24, 2.45) is 5.41 Å². The second-order valence-corrected chi connectivity index (χ2v) is 10.1. The smallest absolute Gasteiger partial charge is 0.124 e. The van der Waals surface area contributed by atoms with Gasteiger partial charge in [0.25, 0.3) is 0 Å². The van der Waals surface area contributed by atoms with Gasteiger partial charge in [0.2, 0.25) is 0 Å². The summed E-state index contributed by atoms with van der Waals surface area (Å²) in [4.78, 5) is 4.72. The highest BCUT2D eigenvalue weighted by Crippen LogP contribution is 2.42. The van der Waals surface area contributed by atoms with Gasteiger partial charge < -0.3 is 9.64 Å². The molecule has 0 aromatic heterocycles. The SMILES string of the molecule is C=Cc1cc(C2=CN(C)C(=C)C(C)=C2C)cc(OC)c1CN1CCC(CCC)(CCC)CC1. The molecule has 3 nitrogen and oxygen atoms in total. The van der Waals surface area contributed by atoms with Gasteiger partial charge in [0.05, 0.1) is 7.11 Å². The van der Waals surface area contributed by atoms with Gasteiger partial charge in [0.1, 0.15) is 5.75 Å². The first-order valence-electron chi connectivity index (χ1n) is 12.7.